The minimum absolute atomic E-state index is 0.0373. The van der Waals surface area contributed by atoms with E-state index in [9.17, 15) is 4.79 Å². The summed E-state index contributed by atoms with van der Waals surface area (Å²) in [5.74, 6) is 0.877. The summed E-state index contributed by atoms with van der Waals surface area (Å²) in [5, 5.41) is 3.87. The average molecular weight is 290 g/mol. The third kappa shape index (κ3) is 1.98. The number of benzene rings is 1. The Morgan fingerprint density at radius 1 is 1.09 bits per heavy atom. The Morgan fingerprint density at radius 2 is 2.00 bits per heavy atom. The predicted molar refractivity (Wildman–Crippen MR) is 85.5 cm³/mol. The van der Waals surface area contributed by atoms with Crippen LogP contribution in [0.5, 0.6) is 0 Å². The Bertz CT molecular complexity index is 885. The number of fused-ring (bicyclic) bond motifs is 2. The number of pyridine rings is 2. The minimum atomic E-state index is -0.0449. The van der Waals surface area contributed by atoms with E-state index in [2.05, 4.69) is 15.3 Å². The Labute approximate surface area is 127 Å². The van der Waals surface area contributed by atoms with Gasteiger partial charge in [0.05, 0.1) is 5.52 Å². The first-order valence-corrected chi connectivity index (χ1v) is 7.12. The fraction of sp³-hybridized carbons (Fsp3) is 0.118. The normalized spacial score (nSPS) is 17.1. The third-order valence-electron chi connectivity index (χ3n) is 4.03. The number of rotatable bonds is 1. The van der Waals surface area contributed by atoms with E-state index in [-0.39, 0.29) is 11.8 Å². The number of carbonyl (C=O) groups excluding carboxylic acids is 1. The Kier molecular flexibility index (Phi) is 2.79. The molecule has 5 nitrogen and oxygen atoms in total. The zero-order valence-corrected chi connectivity index (χ0v) is 11.8. The van der Waals surface area contributed by atoms with Crippen molar-refractivity contribution in [2.45, 2.75) is 12.3 Å². The topological polar surface area (TPSA) is 80.9 Å². The molecule has 3 N–H and O–H groups in total. The van der Waals surface area contributed by atoms with Crippen LogP contribution in [0.4, 0.5) is 11.6 Å². The monoisotopic (exact) mass is 290 g/mol. The van der Waals surface area contributed by atoms with Gasteiger partial charge in [-0.1, -0.05) is 24.3 Å². The standard InChI is InChI=1S/C17H14N4O/c18-15-7-6-12-13(9-16(22)21-17(12)20-15)10-3-1-5-14-11(10)4-2-8-19-14/h1-8,13H,9H2,(H3,18,20,21,22). The van der Waals surface area contributed by atoms with E-state index >= 15 is 0 Å². The lowest BCUT2D eigenvalue weighted by Gasteiger charge is -2.26. The fourth-order valence-corrected chi connectivity index (χ4v) is 3.05. The molecular formula is C17H14N4O. The van der Waals surface area contributed by atoms with Crippen LogP contribution in [-0.4, -0.2) is 15.9 Å². The van der Waals surface area contributed by atoms with Gasteiger partial charge in [0.1, 0.15) is 11.6 Å². The van der Waals surface area contributed by atoms with Crippen molar-refractivity contribution in [3.8, 4) is 0 Å². The molecule has 0 saturated heterocycles. The molecule has 1 atom stereocenters. The first kappa shape index (κ1) is 12.8. The third-order valence-corrected chi connectivity index (χ3v) is 4.03. The second-order valence-corrected chi connectivity index (χ2v) is 5.40. The molecular weight excluding hydrogens is 276 g/mol. The van der Waals surface area contributed by atoms with Gasteiger partial charge in [0.2, 0.25) is 5.91 Å². The number of hydrogen-bond donors (Lipinski definition) is 2. The van der Waals surface area contributed by atoms with E-state index in [4.69, 9.17) is 5.73 Å². The molecule has 1 amide bonds. The first-order valence-electron chi connectivity index (χ1n) is 7.12. The summed E-state index contributed by atoms with van der Waals surface area (Å²) in [4.78, 5) is 20.7. The molecule has 3 aromatic rings. The maximum absolute atomic E-state index is 12.0. The molecule has 1 aliphatic heterocycles. The quantitative estimate of drug-likeness (QED) is 0.722. The van der Waals surface area contributed by atoms with Gasteiger partial charge in [-0.15, -0.1) is 0 Å². The molecule has 0 spiro atoms. The number of aromatic nitrogens is 2. The predicted octanol–water partition coefficient (Wildman–Crippen LogP) is 2.69. The second-order valence-electron chi connectivity index (χ2n) is 5.40. The number of nitrogens with zero attached hydrogens (tertiary/aromatic N) is 2. The number of nitrogens with one attached hydrogen (secondary N) is 1. The summed E-state index contributed by atoms with van der Waals surface area (Å²) in [6, 6.07) is 13.7. The molecule has 22 heavy (non-hydrogen) atoms. The summed E-state index contributed by atoms with van der Waals surface area (Å²) < 4.78 is 0. The van der Waals surface area contributed by atoms with Crippen LogP contribution in [0.15, 0.2) is 48.7 Å². The molecule has 5 heteroatoms. The number of nitrogens with two attached hydrogens (primary N) is 1. The summed E-state index contributed by atoms with van der Waals surface area (Å²) >= 11 is 0. The summed E-state index contributed by atoms with van der Waals surface area (Å²) in [6.45, 7) is 0. The molecule has 3 heterocycles. The van der Waals surface area contributed by atoms with Crippen LogP contribution in [0.2, 0.25) is 0 Å². The highest BCUT2D eigenvalue weighted by atomic mass is 16.1. The van der Waals surface area contributed by atoms with Gasteiger partial charge in [0, 0.05) is 29.5 Å². The average Bonchev–Trinajstić information content (AvgIpc) is 2.53. The smallest absolute Gasteiger partial charge is 0.226 e. The van der Waals surface area contributed by atoms with E-state index < -0.39 is 0 Å². The van der Waals surface area contributed by atoms with Gasteiger partial charge in [-0.3, -0.25) is 9.78 Å². The highest BCUT2D eigenvalue weighted by Crippen LogP contribution is 2.38. The summed E-state index contributed by atoms with van der Waals surface area (Å²) in [5.41, 5.74) is 8.74. The molecule has 0 radical (unpaired) electrons. The molecule has 0 bridgehead atoms. The second kappa shape index (κ2) is 4.80. The van der Waals surface area contributed by atoms with Gasteiger partial charge >= 0.3 is 0 Å². The van der Waals surface area contributed by atoms with E-state index in [0.717, 1.165) is 22.0 Å². The van der Waals surface area contributed by atoms with Gasteiger partial charge in [0.25, 0.3) is 0 Å². The van der Waals surface area contributed by atoms with Gasteiger partial charge in [-0.25, -0.2) is 4.98 Å². The van der Waals surface area contributed by atoms with Crippen molar-refractivity contribution >= 4 is 28.4 Å². The van der Waals surface area contributed by atoms with Crippen molar-refractivity contribution in [2.24, 2.45) is 0 Å². The number of carbonyl (C=O) groups is 1. The lowest BCUT2D eigenvalue weighted by molar-refractivity contribution is -0.116. The van der Waals surface area contributed by atoms with Crippen LogP contribution in [0.1, 0.15) is 23.5 Å². The van der Waals surface area contributed by atoms with Gasteiger partial charge < -0.3 is 11.1 Å². The van der Waals surface area contributed by atoms with Crippen molar-refractivity contribution in [1.82, 2.24) is 9.97 Å². The number of amides is 1. The molecule has 108 valence electrons. The molecule has 1 aromatic carbocycles. The highest BCUT2D eigenvalue weighted by Gasteiger charge is 2.28. The van der Waals surface area contributed by atoms with Crippen LogP contribution in [0, 0.1) is 0 Å². The lowest BCUT2D eigenvalue weighted by Crippen LogP contribution is -2.24. The van der Waals surface area contributed by atoms with E-state index in [1.807, 2.05) is 36.4 Å². The van der Waals surface area contributed by atoms with E-state index in [1.165, 1.54) is 0 Å². The molecule has 4 rings (SSSR count). The van der Waals surface area contributed by atoms with Crippen molar-refractivity contribution in [3.05, 3.63) is 59.8 Å². The van der Waals surface area contributed by atoms with Gasteiger partial charge in [0.15, 0.2) is 0 Å². The van der Waals surface area contributed by atoms with Crippen molar-refractivity contribution in [2.75, 3.05) is 11.1 Å². The Hall–Kier alpha value is -2.95. The largest absolute Gasteiger partial charge is 0.384 e. The summed E-state index contributed by atoms with van der Waals surface area (Å²) in [6.07, 6.45) is 2.17. The first-order chi connectivity index (χ1) is 10.7. The molecule has 0 fully saturated rings. The maximum atomic E-state index is 12.0. The van der Waals surface area contributed by atoms with Crippen LogP contribution < -0.4 is 11.1 Å². The van der Waals surface area contributed by atoms with Crippen LogP contribution >= 0.6 is 0 Å². The lowest BCUT2D eigenvalue weighted by atomic mass is 9.84. The van der Waals surface area contributed by atoms with E-state index in [0.29, 0.717) is 18.1 Å². The highest BCUT2D eigenvalue weighted by molar-refractivity contribution is 5.95. The van der Waals surface area contributed by atoms with Crippen molar-refractivity contribution < 1.29 is 4.79 Å². The fourth-order valence-electron chi connectivity index (χ4n) is 3.05. The SMILES string of the molecule is Nc1ccc2c(n1)NC(=O)CC2c1cccc2ncccc12. The zero-order chi connectivity index (χ0) is 15.1. The zero-order valence-electron chi connectivity index (χ0n) is 11.8. The molecule has 0 saturated carbocycles. The van der Waals surface area contributed by atoms with Crippen LogP contribution in [0.25, 0.3) is 10.9 Å². The van der Waals surface area contributed by atoms with Crippen LogP contribution in [-0.2, 0) is 4.79 Å². The molecule has 1 aliphatic rings. The van der Waals surface area contributed by atoms with Gasteiger partial charge in [-0.2, -0.15) is 0 Å². The van der Waals surface area contributed by atoms with Gasteiger partial charge in [-0.05, 0) is 23.8 Å². The van der Waals surface area contributed by atoms with Crippen molar-refractivity contribution in [3.63, 3.8) is 0 Å². The Morgan fingerprint density at radius 3 is 2.91 bits per heavy atom. The Balaban J connectivity index is 1.94. The minimum Gasteiger partial charge on any atom is -0.384 e. The molecule has 1 unspecified atom stereocenters. The number of hydrogen-bond acceptors (Lipinski definition) is 4. The number of anilines is 2. The summed E-state index contributed by atoms with van der Waals surface area (Å²) in [7, 11) is 0. The molecule has 0 aliphatic carbocycles. The molecule has 2 aromatic heterocycles. The number of nitrogen functional groups attached to an aromatic ring is 1. The van der Waals surface area contributed by atoms with Crippen LogP contribution in [0.3, 0.4) is 0 Å². The van der Waals surface area contributed by atoms with Crippen molar-refractivity contribution in [1.29, 1.82) is 0 Å². The van der Waals surface area contributed by atoms with E-state index in [1.54, 1.807) is 12.3 Å². The maximum Gasteiger partial charge on any atom is 0.226 e.